The van der Waals surface area contributed by atoms with Crippen molar-refractivity contribution in [3.63, 3.8) is 0 Å². The van der Waals surface area contributed by atoms with E-state index in [0.717, 1.165) is 5.56 Å². The summed E-state index contributed by atoms with van der Waals surface area (Å²) in [6.45, 7) is 10.2. The van der Waals surface area contributed by atoms with E-state index in [2.05, 4.69) is 0 Å². The van der Waals surface area contributed by atoms with Crippen LogP contribution in [0.5, 0.6) is 11.5 Å². The predicted octanol–water partition coefficient (Wildman–Crippen LogP) is 5.92. The third-order valence-electron chi connectivity index (χ3n) is 6.16. The van der Waals surface area contributed by atoms with Gasteiger partial charge in [-0.2, -0.15) is 0 Å². The molecule has 1 amide bonds. The van der Waals surface area contributed by atoms with Crippen molar-refractivity contribution in [1.29, 1.82) is 0 Å². The fourth-order valence-electron chi connectivity index (χ4n) is 4.46. The summed E-state index contributed by atoms with van der Waals surface area (Å²) < 4.78 is 17.0. The number of hydrogen-bond acceptors (Lipinski definition) is 6. The third-order valence-corrected chi connectivity index (χ3v) is 6.16. The van der Waals surface area contributed by atoms with Crippen molar-refractivity contribution in [2.75, 3.05) is 18.6 Å². The first-order chi connectivity index (χ1) is 17.1. The molecule has 36 heavy (non-hydrogen) atoms. The van der Waals surface area contributed by atoms with Gasteiger partial charge in [-0.05, 0) is 61.7 Å². The summed E-state index contributed by atoms with van der Waals surface area (Å²) in [7, 11) is 1.59. The van der Waals surface area contributed by atoms with Crippen molar-refractivity contribution < 1.29 is 28.6 Å². The molecule has 4 rings (SSSR count). The monoisotopic (exact) mass is 489 g/mol. The van der Waals surface area contributed by atoms with Crippen molar-refractivity contribution in [2.24, 2.45) is 0 Å². The molecule has 7 nitrogen and oxygen atoms in total. The van der Waals surface area contributed by atoms with Crippen LogP contribution in [-0.4, -0.2) is 30.5 Å². The number of aryl methyl sites for hydroxylation is 1. The van der Waals surface area contributed by atoms with Gasteiger partial charge in [0.1, 0.15) is 34.8 Å². The Morgan fingerprint density at radius 2 is 1.83 bits per heavy atom. The smallest absolute Gasteiger partial charge is 0.300 e. The molecule has 2 aromatic carbocycles. The lowest BCUT2D eigenvalue weighted by atomic mass is 9.84. The topological polar surface area (TPSA) is 89.2 Å². The van der Waals surface area contributed by atoms with Crippen molar-refractivity contribution in [2.45, 2.75) is 46.1 Å². The van der Waals surface area contributed by atoms with Crippen LogP contribution in [0.4, 0.5) is 5.69 Å². The number of ketones is 1. The van der Waals surface area contributed by atoms with E-state index in [1.54, 1.807) is 68.6 Å². The zero-order valence-electron chi connectivity index (χ0n) is 21.4. The highest BCUT2D eigenvalue weighted by molar-refractivity contribution is 6.51. The molecule has 2 heterocycles. The van der Waals surface area contributed by atoms with Gasteiger partial charge in [-0.1, -0.05) is 26.8 Å². The lowest BCUT2D eigenvalue weighted by Crippen LogP contribution is -2.29. The fourth-order valence-corrected chi connectivity index (χ4v) is 4.46. The number of Topliss-reactive ketones (excluding diaryl/α,β-unsaturated/α-hetero) is 1. The first kappa shape index (κ1) is 25.1. The maximum Gasteiger partial charge on any atom is 0.300 e. The van der Waals surface area contributed by atoms with Crippen LogP contribution in [-0.2, 0) is 15.0 Å². The summed E-state index contributed by atoms with van der Waals surface area (Å²) in [4.78, 5) is 28.1. The Hall–Kier alpha value is -4.00. The van der Waals surface area contributed by atoms with E-state index >= 15 is 0 Å². The Morgan fingerprint density at radius 3 is 2.44 bits per heavy atom. The molecular formula is C29H31NO6. The van der Waals surface area contributed by atoms with Gasteiger partial charge < -0.3 is 19.0 Å². The second-order valence-electron chi connectivity index (χ2n) is 9.71. The standard InChI is InChI=1S/C29H31NO6/c1-7-35-20-10-8-9-19(16-20)30-25(23-13-11-17(2)36-23)24(27(32)28(30)33)26(31)18-12-14-22(34-6)21(15-18)29(3,4)5/h8-16,25,31H,7H2,1-6H3/b26-24-. The zero-order valence-corrected chi connectivity index (χ0v) is 21.4. The number of nitrogens with zero attached hydrogens (tertiary/aromatic N) is 1. The first-order valence-electron chi connectivity index (χ1n) is 11.9. The highest BCUT2D eigenvalue weighted by Gasteiger charge is 2.48. The van der Waals surface area contributed by atoms with E-state index in [4.69, 9.17) is 13.9 Å². The van der Waals surface area contributed by atoms with Crippen LogP contribution < -0.4 is 14.4 Å². The molecule has 7 heteroatoms. The van der Waals surface area contributed by atoms with Crippen LogP contribution in [0.15, 0.2) is 64.6 Å². The summed E-state index contributed by atoms with van der Waals surface area (Å²) in [6, 6.07) is 14.7. The van der Waals surface area contributed by atoms with Gasteiger partial charge in [0.15, 0.2) is 0 Å². The van der Waals surface area contributed by atoms with Crippen LogP contribution >= 0.6 is 0 Å². The van der Waals surface area contributed by atoms with Crippen LogP contribution in [0.2, 0.25) is 0 Å². The number of aliphatic hydroxyl groups is 1. The quantitative estimate of drug-likeness (QED) is 0.263. The molecule has 1 unspecified atom stereocenters. The van der Waals surface area contributed by atoms with Crippen LogP contribution in [0, 0.1) is 6.92 Å². The first-order valence-corrected chi connectivity index (χ1v) is 11.9. The van der Waals surface area contributed by atoms with Gasteiger partial charge in [-0.25, -0.2) is 0 Å². The van der Waals surface area contributed by atoms with Gasteiger partial charge >= 0.3 is 0 Å². The number of carbonyl (C=O) groups is 2. The van der Waals surface area contributed by atoms with Crippen molar-refractivity contribution >= 4 is 23.1 Å². The second-order valence-corrected chi connectivity index (χ2v) is 9.71. The van der Waals surface area contributed by atoms with Gasteiger partial charge in [-0.15, -0.1) is 0 Å². The Balaban J connectivity index is 1.93. The summed E-state index contributed by atoms with van der Waals surface area (Å²) in [5.41, 5.74) is 1.41. The van der Waals surface area contributed by atoms with E-state index < -0.39 is 17.7 Å². The molecule has 1 atom stereocenters. The molecule has 1 fully saturated rings. The van der Waals surface area contributed by atoms with Crippen molar-refractivity contribution in [3.05, 3.63) is 82.8 Å². The average Bonchev–Trinajstić information content (AvgIpc) is 3.38. The number of methoxy groups -OCH3 is 1. The van der Waals surface area contributed by atoms with E-state index in [1.165, 1.54) is 4.90 Å². The van der Waals surface area contributed by atoms with Gasteiger partial charge in [-0.3, -0.25) is 14.5 Å². The molecule has 1 N–H and O–H groups in total. The van der Waals surface area contributed by atoms with E-state index in [0.29, 0.717) is 40.9 Å². The molecule has 0 radical (unpaired) electrons. The fraction of sp³-hybridized carbons (Fsp3) is 0.310. The van der Waals surface area contributed by atoms with E-state index in [1.807, 2.05) is 27.7 Å². The normalized spacial score (nSPS) is 17.5. The maximum atomic E-state index is 13.4. The number of benzene rings is 2. The number of furan rings is 1. The van der Waals surface area contributed by atoms with Crippen LogP contribution in [0.3, 0.4) is 0 Å². The molecule has 1 aromatic heterocycles. The lowest BCUT2D eigenvalue weighted by Gasteiger charge is -2.25. The Kier molecular flexibility index (Phi) is 6.67. The molecule has 0 saturated carbocycles. The number of amides is 1. The van der Waals surface area contributed by atoms with Crippen molar-refractivity contribution in [3.8, 4) is 11.5 Å². The van der Waals surface area contributed by atoms with E-state index in [-0.39, 0.29) is 16.7 Å². The number of anilines is 1. The molecular weight excluding hydrogens is 458 g/mol. The minimum absolute atomic E-state index is 0.0406. The molecule has 0 bridgehead atoms. The summed E-state index contributed by atoms with van der Waals surface area (Å²) >= 11 is 0. The van der Waals surface area contributed by atoms with Gasteiger partial charge in [0.05, 0.1) is 19.3 Å². The number of hydrogen-bond donors (Lipinski definition) is 1. The molecule has 188 valence electrons. The Labute approximate surface area is 210 Å². The number of carbonyl (C=O) groups excluding carboxylic acids is 2. The minimum Gasteiger partial charge on any atom is -0.507 e. The number of ether oxygens (including phenoxy) is 2. The molecule has 1 aliphatic heterocycles. The minimum atomic E-state index is -0.948. The predicted molar refractivity (Wildman–Crippen MR) is 138 cm³/mol. The summed E-state index contributed by atoms with van der Waals surface area (Å²) in [5.74, 6) is 0.416. The molecule has 0 spiro atoms. The Morgan fingerprint density at radius 1 is 1.08 bits per heavy atom. The number of rotatable bonds is 6. The van der Waals surface area contributed by atoms with Gasteiger partial charge in [0, 0.05) is 22.9 Å². The van der Waals surface area contributed by atoms with Crippen molar-refractivity contribution in [1.82, 2.24) is 0 Å². The zero-order chi connectivity index (χ0) is 26.2. The molecule has 1 aliphatic rings. The second kappa shape index (κ2) is 9.57. The highest BCUT2D eigenvalue weighted by atomic mass is 16.5. The van der Waals surface area contributed by atoms with Crippen LogP contribution in [0.1, 0.15) is 56.4 Å². The van der Waals surface area contributed by atoms with Crippen LogP contribution in [0.25, 0.3) is 5.76 Å². The Bertz CT molecular complexity index is 1340. The third kappa shape index (κ3) is 4.49. The average molecular weight is 490 g/mol. The largest absolute Gasteiger partial charge is 0.507 e. The lowest BCUT2D eigenvalue weighted by molar-refractivity contribution is -0.132. The molecule has 0 aliphatic carbocycles. The summed E-state index contributed by atoms with van der Waals surface area (Å²) in [5, 5.41) is 11.5. The van der Waals surface area contributed by atoms with Gasteiger partial charge in [0.2, 0.25) is 0 Å². The van der Waals surface area contributed by atoms with E-state index in [9.17, 15) is 14.7 Å². The maximum absolute atomic E-state index is 13.4. The SMILES string of the molecule is CCOc1cccc(N2C(=O)C(=O)/C(=C(\O)c3ccc(OC)c(C(C)(C)C)c3)C2c2ccc(C)o2)c1. The summed E-state index contributed by atoms with van der Waals surface area (Å²) in [6.07, 6.45) is 0. The molecule has 3 aromatic rings. The molecule has 1 saturated heterocycles. The van der Waals surface area contributed by atoms with Gasteiger partial charge in [0.25, 0.3) is 11.7 Å². The highest BCUT2D eigenvalue weighted by Crippen LogP contribution is 2.44. The number of aliphatic hydroxyl groups excluding tert-OH is 1.